The van der Waals surface area contributed by atoms with Crippen LogP contribution in [0, 0.1) is 0 Å². The fourth-order valence-electron chi connectivity index (χ4n) is 2.85. The van der Waals surface area contributed by atoms with Crippen molar-refractivity contribution in [3.05, 3.63) is 24.8 Å². The van der Waals surface area contributed by atoms with Crippen LogP contribution >= 0.6 is 0 Å². The van der Waals surface area contributed by atoms with E-state index in [-0.39, 0.29) is 6.10 Å². The summed E-state index contributed by atoms with van der Waals surface area (Å²) in [7, 11) is 0. The minimum Gasteiger partial charge on any atom is -0.373 e. The van der Waals surface area contributed by atoms with Crippen molar-refractivity contribution in [2.75, 3.05) is 31.1 Å². The average Bonchev–Trinajstić information content (AvgIpc) is 2.93. The first-order valence-electron chi connectivity index (χ1n) is 7.00. The lowest BCUT2D eigenvalue weighted by atomic mass is 10.2. The molecule has 0 aromatic carbocycles. The van der Waals surface area contributed by atoms with Crippen molar-refractivity contribution in [3.8, 4) is 0 Å². The molecule has 21 heavy (non-hydrogen) atoms. The highest BCUT2D eigenvalue weighted by molar-refractivity contribution is 6.10. The molecule has 1 aliphatic rings. The van der Waals surface area contributed by atoms with Crippen molar-refractivity contribution in [1.82, 2.24) is 19.9 Å². The molecule has 3 N–H and O–H groups in total. The number of nitrogens with one attached hydrogen (secondary N) is 1. The maximum Gasteiger partial charge on any atom is 0.143 e. The first kappa shape index (κ1) is 12.5. The second kappa shape index (κ2) is 4.94. The standard InChI is InChI=1S/C14H16N6O/c15-5-9-7-20(3-4-21-9)14-12-10-1-2-16-6-11(10)19-13(12)17-8-18-14/h1-2,6,8-9H,3-5,7,15H2,(H,17,18,19)/t9-/m1/s1. The van der Waals surface area contributed by atoms with Gasteiger partial charge in [-0.3, -0.25) is 4.98 Å². The smallest absolute Gasteiger partial charge is 0.143 e. The quantitative estimate of drug-likeness (QED) is 0.718. The lowest BCUT2D eigenvalue weighted by Crippen LogP contribution is -2.46. The van der Waals surface area contributed by atoms with Gasteiger partial charge in [-0.2, -0.15) is 0 Å². The highest BCUT2D eigenvalue weighted by Gasteiger charge is 2.23. The first-order valence-corrected chi connectivity index (χ1v) is 7.00. The third-order valence-corrected chi connectivity index (χ3v) is 3.87. The molecule has 4 rings (SSSR count). The number of nitrogens with two attached hydrogens (primary N) is 1. The summed E-state index contributed by atoms with van der Waals surface area (Å²) in [6, 6.07) is 1.99. The van der Waals surface area contributed by atoms with Crippen LogP contribution in [0.2, 0.25) is 0 Å². The molecule has 0 bridgehead atoms. The van der Waals surface area contributed by atoms with E-state index in [4.69, 9.17) is 10.5 Å². The molecule has 3 aromatic rings. The van der Waals surface area contributed by atoms with Gasteiger partial charge in [0.05, 0.1) is 29.8 Å². The maximum absolute atomic E-state index is 5.73. The zero-order valence-electron chi connectivity index (χ0n) is 11.5. The maximum atomic E-state index is 5.73. The monoisotopic (exact) mass is 284 g/mol. The Labute approximate surface area is 121 Å². The number of aromatic amines is 1. The molecule has 0 spiro atoms. The van der Waals surface area contributed by atoms with E-state index in [1.54, 1.807) is 12.5 Å². The van der Waals surface area contributed by atoms with Gasteiger partial charge in [-0.05, 0) is 6.07 Å². The predicted octanol–water partition coefficient (Wildman–Crippen LogP) is 0.670. The molecule has 108 valence electrons. The number of ether oxygens (including phenoxy) is 1. The van der Waals surface area contributed by atoms with E-state index < -0.39 is 0 Å². The summed E-state index contributed by atoms with van der Waals surface area (Å²) >= 11 is 0. The highest BCUT2D eigenvalue weighted by atomic mass is 16.5. The van der Waals surface area contributed by atoms with Gasteiger partial charge in [0.1, 0.15) is 17.8 Å². The third-order valence-electron chi connectivity index (χ3n) is 3.87. The Bertz CT molecular complexity index is 785. The van der Waals surface area contributed by atoms with E-state index in [0.29, 0.717) is 13.2 Å². The number of hydrogen-bond donors (Lipinski definition) is 2. The molecule has 4 heterocycles. The Hall–Kier alpha value is -2.25. The molecule has 0 unspecified atom stereocenters. The summed E-state index contributed by atoms with van der Waals surface area (Å²) in [5, 5.41) is 2.12. The van der Waals surface area contributed by atoms with Crippen LogP contribution in [0.5, 0.6) is 0 Å². The van der Waals surface area contributed by atoms with Crippen LogP contribution in [-0.4, -0.2) is 52.3 Å². The number of hydrogen-bond acceptors (Lipinski definition) is 6. The summed E-state index contributed by atoms with van der Waals surface area (Å²) < 4.78 is 5.63. The van der Waals surface area contributed by atoms with E-state index in [1.807, 2.05) is 12.3 Å². The molecule has 7 nitrogen and oxygen atoms in total. The topological polar surface area (TPSA) is 93.0 Å². The summed E-state index contributed by atoms with van der Waals surface area (Å²) in [6.07, 6.45) is 5.24. The van der Waals surface area contributed by atoms with Crippen LogP contribution in [0.25, 0.3) is 21.9 Å². The van der Waals surface area contributed by atoms with Gasteiger partial charge in [0.25, 0.3) is 0 Å². The minimum atomic E-state index is 0.0515. The molecule has 0 saturated carbocycles. The Balaban J connectivity index is 1.88. The van der Waals surface area contributed by atoms with E-state index in [0.717, 1.165) is 40.8 Å². The van der Waals surface area contributed by atoms with Gasteiger partial charge in [0.15, 0.2) is 0 Å². The number of pyridine rings is 1. The van der Waals surface area contributed by atoms with Gasteiger partial charge < -0.3 is 20.4 Å². The van der Waals surface area contributed by atoms with E-state index in [2.05, 4.69) is 24.8 Å². The van der Waals surface area contributed by atoms with Crippen molar-refractivity contribution >= 4 is 27.8 Å². The Kier molecular flexibility index (Phi) is 2.94. The lowest BCUT2D eigenvalue weighted by molar-refractivity contribution is 0.0464. The van der Waals surface area contributed by atoms with Crippen molar-refractivity contribution in [1.29, 1.82) is 0 Å². The van der Waals surface area contributed by atoms with E-state index in [1.165, 1.54) is 0 Å². The van der Waals surface area contributed by atoms with Crippen LogP contribution in [0.4, 0.5) is 5.82 Å². The summed E-state index contributed by atoms with van der Waals surface area (Å²) in [4.78, 5) is 18.5. The third kappa shape index (κ3) is 2.01. The van der Waals surface area contributed by atoms with Gasteiger partial charge in [0.2, 0.25) is 0 Å². The highest BCUT2D eigenvalue weighted by Crippen LogP contribution is 2.31. The van der Waals surface area contributed by atoms with E-state index >= 15 is 0 Å². The fourth-order valence-corrected chi connectivity index (χ4v) is 2.85. The number of morpholine rings is 1. The van der Waals surface area contributed by atoms with Gasteiger partial charge in [-0.1, -0.05) is 0 Å². The molecule has 3 aromatic heterocycles. The zero-order valence-corrected chi connectivity index (χ0v) is 11.5. The second-order valence-corrected chi connectivity index (χ2v) is 5.14. The summed E-state index contributed by atoms with van der Waals surface area (Å²) in [5.74, 6) is 0.930. The molecule has 1 atom stereocenters. The number of fused-ring (bicyclic) bond motifs is 3. The van der Waals surface area contributed by atoms with E-state index in [9.17, 15) is 0 Å². The van der Waals surface area contributed by atoms with Crippen LogP contribution in [0.1, 0.15) is 0 Å². The SMILES string of the molecule is NC[C@@H]1CN(c2ncnc3[nH]c4cnccc4c23)CCO1. The van der Waals surface area contributed by atoms with Crippen molar-refractivity contribution < 1.29 is 4.74 Å². The molecular formula is C14H16N6O. The number of nitrogens with zero attached hydrogens (tertiary/aromatic N) is 4. The fraction of sp³-hybridized carbons (Fsp3) is 0.357. The second-order valence-electron chi connectivity index (χ2n) is 5.14. The van der Waals surface area contributed by atoms with Gasteiger partial charge in [-0.25, -0.2) is 9.97 Å². The Morgan fingerprint density at radius 3 is 3.29 bits per heavy atom. The first-order chi connectivity index (χ1) is 10.4. The van der Waals surface area contributed by atoms with Crippen LogP contribution in [0.15, 0.2) is 24.8 Å². The predicted molar refractivity (Wildman–Crippen MR) is 80.2 cm³/mol. The number of anilines is 1. The van der Waals surface area contributed by atoms with Gasteiger partial charge in [-0.15, -0.1) is 0 Å². The molecule has 1 saturated heterocycles. The van der Waals surface area contributed by atoms with Gasteiger partial charge in [0, 0.05) is 31.2 Å². The van der Waals surface area contributed by atoms with Gasteiger partial charge >= 0.3 is 0 Å². The number of H-pyrrole nitrogens is 1. The average molecular weight is 284 g/mol. The van der Waals surface area contributed by atoms with Crippen molar-refractivity contribution in [2.24, 2.45) is 5.73 Å². The Morgan fingerprint density at radius 2 is 2.38 bits per heavy atom. The summed E-state index contributed by atoms with van der Waals surface area (Å²) in [5.41, 5.74) is 7.53. The minimum absolute atomic E-state index is 0.0515. The molecule has 0 amide bonds. The molecule has 7 heteroatoms. The van der Waals surface area contributed by atoms with Crippen molar-refractivity contribution in [3.63, 3.8) is 0 Å². The molecule has 1 fully saturated rings. The van der Waals surface area contributed by atoms with Crippen molar-refractivity contribution in [2.45, 2.75) is 6.10 Å². The normalized spacial score (nSPS) is 19.5. The zero-order chi connectivity index (χ0) is 14.2. The van der Waals surface area contributed by atoms with Crippen LogP contribution < -0.4 is 10.6 Å². The van der Waals surface area contributed by atoms with Crippen LogP contribution in [0.3, 0.4) is 0 Å². The largest absolute Gasteiger partial charge is 0.373 e. The number of aromatic nitrogens is 4. The summed E-state index contributed by atoms with van der Waals surface area (Å²) in [6.45, 7) is 2.74. The lowest BCUT2D eigenvalue weighted by Gasteiger charge is -2.33. The number of rotatable bonds is 2. The molecule has 0 aliphatic carbocycles. The molecule has 0 radical (unpaired) electrons. The Morgan fingerprint density at radius 1 is 1.43 bits per heavy atom. The molecular weight excluding hydrogens is 268 g/mol. The van der Waals surface area contributed by atoms with Crippen LogP contribution in [-0.2, 0) is 4.74 Å². The molecule has 1 aliphatic heterocycles.